The molecule has 0 saturated heterocycles. The summed E-state index contributed by atoms with van der Waals surface area (Å²) in [5.74, 6) is -1.51. The minimum absolute atomic E-state index is 0.390. The Morgan fingerprint density at radius 2 is 0.637 bits per heavy atom. The molecule has 0 amide bonds. The molecule has 1 heterocycles. The fourth-order valence-corrected chi connectivity index (χ4v) is 8.74. The Labute approximate surface area is 432 Å². The van der Waals surface area contributed by atoms with Gasteiger partial charge in [-0.15, -0.1) is 0 Å². The van der Waals surface area contributed by atoms with Crippen LogP contribution in [-0.2, 0) is 60.7 Å². The lowest BCUT2D eigenvalue weighted by Crippen LogP contribution is -2.75. The average molecular weight is 1170 g/mol. The number of nitrogens with zero attached hydrogens (tertiary/aromatic N) is 1. The maximum absolute atomic E-state index is 14.2. The normalized spacial score (nSPS) is 13.2. The van der Waals surface area contributed by atoms with Gasteiger partial charge in [0, 0.05) is 23.1 Å². The van der Waals surface area contributed by atoms with Crippen LogP contribution < -0.4 is 26.4 Å². The number of ketones is 1. The van der Waals surface area contributed by atoms with E-state index in [2.05, 4.69) is 0 Å². The number of carbonyl (C=O) groups excluding carboxylic acids is 1. The molecule has 0 saturated carbocycles. The van der Waals surface area contributed by atoms with Crippen molar-refractivity contribution in [3.05, 3.63) is 195 Å². The molecule has 0 fully saturated rings. The molecule has 426 valence electrons. The maximum atomic E-state index is 14.2. The minimum atomic E-state index is -6.13. The van der Waals surface area contributed by atoms with E-state index in [9.17, 15) is 115 Å². The fraction of sp³-hybridized carbons (Fsp3) is 0.196. The summed E-state index contributed by atoms with van der Waals surface area (Å²) in [4.78, 5) is 23.2. The highest BCUT2D eigenvalue weighted by Gasteiger charge is 2.47. The maximum Gasteiger partial charge on any atom is 0.416 e. The molecule has 0 atom stereocenters. The van der Waals surface area contributed by atoms with Gasteiger partial charge in [0.05, 0.1) is 44.5 Å². The molecule has 7 rings (SSSR count). The summed E-state index contributed by atoms with van der Waals surface area (Å²) in [7, 11) is 0. The van der Waals surface area contributed by atoms with Gasteiger partial charge in [-0.3, -0.25) is 9.59 Å². The number of carboxylic acids is 1. The number of alkyl halides is 24. The first kappa shape index (κ1) is 61.5. The third-order valence-corrected chi connectivity index (χ3v) is 12.2. The van der Waals surface area contributed by atoms with Crippen molar-refractivity contribution in [2.45, 2.75) is 62.4 Å². The van der Waals surface area contributed by atoms with Crippen LogP contribution in [0.25, 0.3) is 10.9 Å². The Balaban J connectivity index is 0.000000370. The van der Waals surface area contributed by atoms with Crippen LogP contribution in [0.3, 0.4) is 0 Å². The molecule has 1 N–H and O–H groups in total. The van der Waals surface area contributed by atoms with Crippen LogP contribution in [0, 0.1) is 0 Å². The molecule has 0 aliphatic carbocycles. The quantitative estimate of drug-likeness (QED) is 0.0515. The molecule has 0 aliphatic rings. The topological polar surface area (TPSA) is 58.2 Å². The van der Waals surface area contributed by atoms with Gasteiger partial charge in [0.1, 0.15) is 12.6 Å². The number of hydrogen-bond acceptors (Lipinski definition) is 2. The van der Waals surface area contributed by atoms with E-state index in [0.717, 1.165) is 16.5 Å². The second-order valence-corrected chi connectivity index (χ2v) is 17.6. The summed E-state index contributed by atoms with van der Waals surface area (Å²) in [6, 6.07) is 12.3. The first-order chi connectivity index (χ1) is 36.4. The third-order valence-electron chi connectivity index (χ3n) is 12.2. The number of benzene rings is 6. The summed E-state index contributed by atoms with van der Waals surface area (Å²) in [5.41, 5.74) is -27.8. The van der Waals surface area contributed by atoms with Gasteiger partial charge >= 0.3 is 55.4 Å². The van der Waals surface area contributed by atoms with Crippen LogP contribution in [0.4, 0.5) is 105 Å². The predicted octanol–water partition coefficient (Wildman–Crippen LogP) is 14.0. The molecule has 0 bridgehead atoms. The molecule has 80 heavy (non-hydrogen) atoms. The largest absolute Gasteiger partial charge is 0.481 e. The SMILES string of the molecule is FC(F)(F)c1cc([B-](c2cc(C(F)(F)F)cc(C(F)(F)F)c2)(c2cc(C(F)(F)F)cc(C(F)(F)F)c2)c2cc(C(F)(F)F)cc(C(F)(F)F)c2)cc(C(F)(F)F)c1.O=C(O)CC(=O)c1ccc2ccccc2[n+]1Cc1ccccc1. The molecular weight excluding hydrogens is 1140 g/mol. The summed E-state index contributed by atoms with van der Waals surface area (Å²) >= 11 is 0. The van der Waals surface area contributed by atoms with E-state index in [4.69, 9.17) is 5.11 Å². The van der Waals surface area contributed by atoms with Gasteiger partial charge in [0.2, 0.25) is 17.0 Å². The number of carboxylic acid groups (broad SMARTS) is 1. The standard InChI is InChI=1S/C32H12BF24.C19H15NO3/c34-25(35,36)13-1-14(26(37,38)39)6-21(5-13)33(22-7-15(27(40,41)42)2-16(8-22)28(43,44)45,23-9-17(29(46,47)48)3-18(10-23)30(49,50)51)24-11-19(31(52,53)54)4-20(12-24)32(55,56)57;21-18(12-19(22)23)17-11-10-15-8-4-5-9-16(15)20(17)13-14-6-2-1-3-7-14/h1-12H;1-11H,12-13H2/q-1;/p+1. The smallest absolute Gasteiger partial charge is 0.416 e. The lowest BCUT2D eigenvalue weighted by atomic mass is 9.12. The minimum Gasteiger partial charge on any atom is -0.481 e. The first-order valence-corrected chi connectivity index (χ1v) is 22.0. The number of pyridine rings is 1. The van der Waals surface area contributed by atoms with Gasteiger partial charge in [-0.05, 0) is 36.4 Å². The Morgan fingerprint density at radius 1 is 0.362 bits per heavy atom. The van der Waals surface area contributed by atoms with Gasteiger partial charge in [0.25, 0.3) is 0 Å². The van der Waals surface area contributed by atoms with Gasteiger partial charge in [-0.2, -0.15) is 132 Å². The predicted molar refractivity (Wildman–Crippen MR) is 236 cm³/mol. The van der Waals surface area contributed by atoms with E-state index in [0.29, 0.717) is 12.2 Å². The molecule has 4 nitrogen and oxygen atoms in total. The summed E-state index contributed by atoms with van der Waals surface area (Å²) < 4.78 is 343. The summed E-state index contributed by atoms with van der Waals surface area (Å²) in [6.45, 7) is 0.517. The number of carbonyl (C=O) groups is 2. The third kappa shape index (κ3) is 13.8. The van der Waals surface area contributed by atoms with E-state index in [1.165, 1.54) is 0 Å². The molecule has 1 aromatic heterocycles. The van der Waals surface area contributed by atoms with E-state index in [-0.39, 0.29) is 5.78 Å². The molecule has 0 unspecified atom stereocenters. The van der Waals surface area contributed by atoms with Crippen LogP contribution in [0.2, 0.25) is 0 Å². The van der Waals surface area contributed by atoms with Crippen molar-refractivity contribution in [2.75, 3.05) is 0 Å². The monoisotopic (exact) mass is 1170 g/mol. The Hall–Kier alpha value is -7.75. The van der Waals surface area contributed by atoms with Crippen molar-refractivity contribution in [1.29, 1.82) is 0 Å². The summed E-state index contributed by atoms with van der Waals surface area (Å²) in [6.07, 6.45) is -55.3. The zero-order valence-electron chi connectivity index (χ0n) is 39.1. The number of aromatic nitrogens is 1. The number of aliphatic carboxylic acids is 1. The van der Waals surface area contributed by atoms with Crippen molar-refractivity contribution in [1.82, 2.24) is 0 Å². The zero-order valence-corrected chi connectivity index (χ0v) is 39.1. The number of halogens is 24. The van der Waals surface area contributed by atoms with Crippen molar-refractivity contribution in [3.63, 3.8) is 0 Å². The average Bonchev–Trinajstić information content (AvgIpc) is 3.32. The second-order valence-electron chi connectivity index (χ2n) is 17.6. The van der Waals surface area contributed by atoms with Crippen LogP contribution in [0.5, 0.6) is 0 Å². The molecule has 7 aromatic rings. The molecule has 0 spiro atoms. The number of fused-ring (bicyclic) bond motifs is 1. The fourth-order valence-electron chi connectivity index (χ4n) is 8.74. The Kier molecular flexibility index (Phi) is 16.4. The van der Waals surface area contributed by atoms with Gasteiger partial charge < -0.3 is 5.11 Å². The molecule has 0 aliphatic heterocycles. The molecule has 6 aromatic carbocycles. The van der Waals surface area contributed by atoms with E-state index in [1.54, 1.807) is 6.07 Å². The highest BCUT2D eigenvalue weighted by atomic mass is 19.4. The van der Waals surface area contributed by atoms with Gasteiger partial charge in [-0.1, -0.05) is 91.0 Å². The van der Waals surface area contributed by atoms with Gasteiger partial charge in [-0.25, -0.2) is 0 Å². The lowest BCUT2D eigenvalue weighted by Gasteiger charge is -2.46. The lowest BCUT2D eigenvalue weighted by molar-refractivity contribution is -0.664. The number of para-hydroxylation sites is 1. The second kappa shape index (κ2) is 21.4. The molecule has 0 radical (unpaired) electrons. The van der Waals surface area contributed by atoms with Crippen LogP contribution in [0.15, 0.2) is 140 Å². The van der Waals surface area contributed by atoms with Crippen LogP contribution in [0.1, 0.15) is 67.0 Å². The van der Waals surface area contributed by atoms with Crippen molar-refractivity contribution >= 4 is 50.7 Å². The Bertz CT molecular complexity index is 3000. The van der Waals surface area contributed by atoms with E-state index in [1.807, 2.05) is 65.2 Å². The Morgan fingerprint density at radius 3 is 0.912 bits per heavy atom. The van der Waals surface area contributed by atoms with Crippen LogP contribution in [-0.4, -0.2) is 23.0 Å². The first-order valence-electron chi connectivity index (χ1n) is 22.0. The van der Waals surface area contributed by atoms with Gasteiger partial charge in [0.15, 0.2) is 6.54 Å². The number of rotatable bonds is 9. The van der Waals surface area contributed by atoms with Crippen molar-refractivity contribution in [3.8, 4) is 0 Å². The molecule has 29 heteroatoms. The van der Waals surface area contributed by atoms with Crippen LogP contribution >= 0.6 is 0 Å². The highest BCUT2D eigenvalue weighted by Crippen LogP contribution is 2.41. The number of hydrogen-bond donors (Lipinski definition) is 1. The van der Waals surface area contributed by atoms with Crippen molar-refractivity contribution in [2.24, 2.45) is 0 Å². The van der Waals surface area contributed by atoms with E-state index < -0.39 is 207 Å². The highest BCUT2D eigenvalue weighted by molar-refractivity contribution is 7.20. The molecular formula is C51H28BF24NO3. The van der Waals surface area contributed by atoms with Crippen molar-refractivity contribution < 1.29 is 125 Å². The summed E-state index contributed by atoms with van der Waals surface area (Å²) in [5, 5.41) is 9.92. The van der Waals surface area contributed by atoms with E-state index >= 15 is 0 Å². The zero-order chi connectivity index (χ0) is 60.1. The number of Topliss-reactive ketones (excluding diaryl/α,β-unsaturated/α-hetero) is 1.